The number of amides is 1. The smallest absolute Gasteiger partial charge is 0.255 e. The lowest BCUT2D eigenvalue weighted by molar-refractivity contribution is 0.102. The first-order chi connectivity index (χ1) is 10.0. The van der Waals surface area contributed by atoms with Crippen molar-refractivity contribution in [1.82, 2.24) is 4.57 Å². The van der Waals surface area contributed by atoms with E-state index in [1.165, 1.54) is 17.7 Å². The summed E-state index contributed by atoms with van der Waals surface area (Å²) in [5.74, 6) is 0.219. The number of hydrogen-bond donors (Lipinski definition) is 2. The molecule has 0 aliphatic heterocycles. The number of aryl methyl sites for hydroxylation is 1. The molecule has 21 heavy (non-hydrogen) atoms. The summed E-state index contributed by atoms with van der Waals surface area (Å²) in [5, 5.41) is 2.73. The number of pyridine rings is 1. The van der Waals surface area contributed by atoms with Gasteiger partial charge < -0.3 is 20.4 Å². The molecule has 110 valence electrons. The fourth-order valence-corrected chi connectivity index (χ4v) is 1.93. The van der Waals surface area contributed by atoms with Crippen molar-refractivity contribution in [3.05, 3.63) is 52.4 Å². The number of methoxy groups -OCH3 is 1. The molecule has 0 fully saturated rings. The lowest BCUT2D eigenvalue weighted by Gasteiger charge is -2.09. The minimum Gasteiger partial charge on any atom is -0.495 e. The molecule has 1 aromatic heterocycles. The molecular formula is C15H17N3O3. The van der Waals surface area contributed by atoms with E-state index in [2.05, 4.69) is 5.32 Å². The number of carbonyl (C=O) groups is 1. The van der Waals surface area contributed by atoms with Gasteiger partial charge in [-0.05, 0) is 31.2 Å². The molecule has 0 aliphatic carbocycles. The van der Waals surface area contributed by atoms with Crippen LogP contribution < -0.4 is 21.3 Å². The molecule has 0 atom stereocenters. The standard InChI is InChI=1S/C15H17N3O3/c1-3-18-9-11(5-7-14(18)19)17-15(20)10-4-6-13(21-2)12(16)8-10/h4-9H,3,16H2,1-2H3,(H,17,20). The van der Waals surface area contributed by atoms with E-state index in [-0.39, 0.29) is 11.5 Å². The summed E-state index contributed by atoms with van der Waals surface area (Å²) in [7, 11) is 1.51. The van der Waals surface area contributed by atoms with Crippen LogP contribution in [-0.2, 0) is 6.54 Å². The van der Waals surface area contributed by atoms with Gasteiger partial charge in [-0.15, -0.1) is 0 Å². The highest BCUT2D eigenvalue weighted by atomic mass is 16.5. The third-order valence-electron chi connectivity index (χ3n) is 3.07. The molecule has 6 heteroatoms. The molecule has 3 N–H and O–H groups in total. The largest absolute Gasteiger partial charge is 0.495 e. The van der Waals surface area contributed by atoms with Gasteiger partial charge in [0.15, 0.2) is 0 Å². The lowest BCUT2D eigenvalue weighted by atomic mass is 10.1. The predicted octanol–water partition coefficient (Wildman–Crippen LogP) is 1.71. The van der Waals surface area contributed by atoms with Crippen molar-refractivity contribution in [3.8, 4) is 5.75 Å². The second-order valence-corrected chi connectivity index (χ2v) is 4.45. The molecule has 0 radical (unpaired) electrons. The van der Waals surface area contributed by atoms with Gasteiger partial charge in [-0.1, -0.05) is 0 Å². The van der Waals surface area contributed by atoms with Gasteiger partial charge in [0.25, 0.3) is 11.5 Å². The number of nitrogen functional groups attached to an aromatic ring is 1. The molecule has 2 aromatic rings. The molecule has 0 unspecified atom stereocenters. The molecule has 6 nitrogen and oxygen atoms in total. The number of nitrogens with one attached hydrogen (secondary N) is 1. The average Bonchev–Trinajstić information content (AvgIpc) is 2.49. The molecular weight excluding hydrogens is 270 g/mol. The van der Waals surface area contributed by atoms with E-state index >= 15 is 0 Å². The Hall–Kier alpha value is -2.76. The third-order valence-corrected chi connectivity index (χ3v) is 3.07. The van der Waals surface area contributed by atoms with Crippen LogP contribution in [0.15, 0.2) is 41.3 Å². The number of anilines is 2. The number of nitrogens with two attached hydrogens (primary N) is 1. The number of nitrogens with zero attached hydrogens (tertiary/aromatic N) is 1. The van der Waals surface area contributed by atoms with Crippen LogP contribution in [-0.4, -0.2) is 17.6 Å². The maximum absolute atomic E-state index is 12.2. The summed E-state index contributed by atoms with van der Waals surface area (Å²) in [6.07, 6.45) is 1.60. The summed E-state index contributed by atoms with van der Waals surface area (Å²) in [6, 6.07) is 7.79. The Labute approximate surface area is 122 Å². The van der Waals surface area contributed by atoms with Crippen LogP contribution >= 0.6 is 0 Å². The monoisotopic (exact) mass is 287 g/mol. The summed E-state index contributed by atoms with van der Waals surface area (Å²) in [5.41, 5.74) is 7.03. The summed E-state index contributed by atoms with van der Waals surface area (Å²) < 4.78 is 6.56. The highest BCUT2D eigenvalue weighted by Gasteiger charge is 2.09. The fourth-order valence-electron chi connectivity index (χ4n) is 1.93. The second-order valence-electron chi connectivity index (χ2n) is 4.45. The number of carbonyl (C=O) groups excluding carboxylic acids is 1. The van der Waals surface area contributed by atoms with E-state index in [0.29, 0.717) is 29.2 Å². The van der Waals surface area contributed by atoms with Crippen LogP contribution in [0.4, 0.5) is 11.4 Å². The van der Waals surface area contributed by atoms with Gasteiger partial charge in [0.05, 0.1) is 18.5 Å². The molecule has 2 rings (SSSR count). The summed E-state index contributed by atoms with van der Waals surface area (Å²) in [6.45, 7) is 2.40. The van der Waals surface area contributed by atoms with Crippen LogP contribution in [0.2, 0.25) is 0 Å². The van der Waals surface area contributed by atoms with E-state index < -0.39 is 0 Å². The molecule has 0 spiro atoms. The first kappa shape index (κ1) is 14.6. The van der Waals surface area contributed by atoms with Crippen molar-refractivity contribution in [3.63, 3.8) is 0 Å². The average molecular weight is 287 g/mol. The fraction of sp³-hybridized carbons (Fsp3) is 0.200. The number of benzene rings is 1. The van der Waals surface area contributed by atoms with Crippen molar-refractivity contribution < 1.29 is 9.53 Å². The Morgan fingerprint density at radius 2 is 2.10 bits per heavy atom. The Kier molecular flexibility index (Phi) is 4.27. The van der Waals surface area contributed by atoms with Gasteiger partial charge in [0.1, 0.15) is 5.75 Å². The second kappa shape index (κ2) is 6.13. The molecule has 0 aliphatic rings. The minimum atomic E-state index is -0.300. The Bertz CT molecular complexity index is 722. The van der Waals surface area contributed by atoms with E-state index in [1.807, 2.05) is 6.92 Å². The van der Waals surface area contributed by atoms with Crippen molar-refractivity contribution in [1.29, 1.82) is 0 Å². The van der Waals surface area contributed by atoms with Crippen molar-refractivity contribution in [2.45, 2.75) is 13.5 Å². The van der Waals surface area contributed by atoms with Gasteiger partial charge in [-0.2, -0.15) is 0 Å². The van der Waals surface area contributed by atoms with Gasteiger partial charge >= 0.3 is 0 Å². The van der Waals surface area contributed by atoms with Crippen LogP contribution in [0.1, 0.15) is 17.3 Å². The van der Waals surface area contributed by atoms with Crippen LogP contribution in [0.5, 0.6) is 5.75 Å². The Morgan fingerprint density at radius 3 is 2.71 bits per heavy atom. The highest BCUT2D eigenvalue weighted by Crippen LogP contribution is 2.22. The Balaban J connectivity index is 2.21. The van der Waals surface area contributed by atoms with Gasteiger partial charge in [0, 0.05) is 24.4 Å². The van der Waals surface area contributed by atoms with Crippen LogP contribution in [0, 0.1) is 0 Å². The molecule has 1 aromatic carbocycles. The number of rotatable bonds is 4. The first-order valence-corrected chi connectivity index (χ1v) is 6.50. The Morgan fingerprint density at radius 1 is 1.33 bits per heavy atom. The zero-order valence-electron chi connectivity index (χ0n) is 11.9. The number of aromatic nitrogens is 1. The maximum atomic E-state index is 12.2. The van der Waals surface area contributed by atoms with Gasteiger partial charge in [0.2, 0.25) is 0 Å². The van der Waals surface area contributed by atoms with Gasteiger partial charge in [-0.3, -0.25) is 9.59 Å². The zero-order valence-corrected chi connectivity index (χ0v) is 11.9. The van der Waals surface area contributed by atoms with Crippen LogP contribution in [0.3, 0.4) is 0 Å². The normalized spacial score (nSPS) is 10.2. The summed E-state index contributed by atoms with van der Waals surface area (Å²) in [4.78, 5) is 23.6. The van der Waals surface area contributed by atoms with Crippen molar-refractivity contribution >= 4 is 17.3 Å². The van der Waals surface area contributed by atoms with E-state index in [0.717, 1.165) is 0 Å². The third kappa shape index (κ3) is 3.22. The lowest BCUT2D eigenvalue weighted by Crippen LogP contribution is -2.19. The number of ether oxygens (including phenoxy) is 1. The summed E-state index contributed by atoms with van der Waals surface area (Å²) >= 11 is 0. The van der Waals surface area contributed by atoms with Crippen LogP contribution in [0.25, 0.3) is 0 Å². The van der Waals surface area contributed by atoms with E-state index in [4.69, 9.17) is 10.5 Å². The maximum Gasteiger partial charge on any atom is 0.255 e. The van der Waals surface area contributed by atoms with Crippen molar-refractivity contribution in [2.24, 2.45) is 0 Å². The first-order valence-electron chi connectivity index (χ1n) is 6.50. The van der Waals surface area contributed by atoms with E-state index in [9.17, 15) is 9.59 Å². The van der Waals surface area contributed by atoms with E-state index in [1.54, 1.807) is 30.5 Å². The van der Waals surface area contributed by atoms with Crippen molar-refractivity contribution in [2.75, 3.05) is 18.2 Å². The number of hydrogen-bond acceptors (Lipinski definition) is 4. The molecule has 1 heterocycles. The highest BCUT2D eigenvalue weighted by molar-refractivity contribution is 6.04. The van der Waals surface area contributed by atoms with Gasteiger partial charge in [-0.25, -0.2) is 0 Å². The molecule has 1 amide bonds. The molecule has 0 saturated heterocycles. The molecule has 0 saturated carbocycles. The predicted molar refractivity (Wildman–Crippen MR) is 81.7 cm³/mol. The zero-order chi connectivity index (χ0) is 15.4. The topological polar surface area (TPSA) is 86.3 Å². The SMILES string of the molecule is CCn1cc(NC(=O)c2ccc(OC)c(N)c2)ccc1=O. The molecule has 0 bridgehead atoms. The minimum absolute atomic E-state index is 0.107. The quantitative estimate of drug-likeness (QED) is 0.838.